The molecule has 1 fully saturated rings. The first-order valence-electron chi connectivity index (χ1n) is 11.0. The second kappa shape index (κ2) is 13.2. The minimum absolute atomic E-state index is 0. The Morgan fingerprint density at radius 3 is 2.69 bits per heavy atom. The van der Waals surface area contributed by atoms with E-state index in [2.05, 4.69) is 15.6 Å². The van der Waals surface area contributed by atoms with Gasteiger partial charge in [-0.3, -0.25) is 9.78 Å². The van der Waals surface area contributed by atoms with Crippen molar-refractivity contribution >= 4 is 35.8 Å². The molecule has 32 heavy (non-hydrogen) atoms. The molecule has 0 radical (unpaired) electrons. The standard InChI is InChI=1S/C24H33N5O2.HI/c1-4-25-24(28-20-12-14-29(16-20)23(30)18(2)3)27-15-19-8-10-22(11-9-19)31-17-21-7-5-6-13-26-21;/h5-11,13,18,20H,4,12,14-17H2,1-3H3,(H2,25,27,28);1H. The third-order valence-corrected chi connectivity index (χ3v) is 5.13. The molecule has 1 aromatic heterocycles. The zero-order valence-electron chi connectivity index (χ0n) is 19.1. The summed E-state index contributed by atoms with van der Waals surface area (Å²) in [4.78, 5) is 23.1. The molecule has 0 aliphatic carbocycles. The number of likely N-dealkylation sites (tertiary alicyclic amines) is 1. The molecule has 174 valence electrons. The minimum Gasteiger partial charge on any atom is -0.487 e. The molecule has 3 rings (SSSR count). The van der Waals surface area contributed by atoms with Gasteiger partial charge in [0.2, 0.25) is 5.91 Å². The van der Waals surface area contributed by atoms with Crippen LogP contribution in [-0.4, -0.2) is 47.4 Å². The molecule has 1 unspecified atom stereocenters. The summed E-state index contributed by atoms with van der Waals surface area (Å²) >= 11 is 0. The van der Waals surface area contributed by atoms with Crippen LogP contribution in [0.1, 0.15) is 38.4 Å². The van der Waals surface area contributed by atoms with E-state index >= 15 is 0 Å². The normalized spacial score (nSPS) is 15.9. The number of pyridine rings is 1. The van der Waals surface area contributed by atoms with Crippen LogP contribution in [0.5, 0.6) is 5.75 Å². The van der Waals surface area contributed by atoms with Crippen LogP contribution in [0.3, 0.4) is 0 Å². The second-order valence-electron chi connectivity index (χ2n) is 8.02. The number of ether oxygens (including phenoxy) is 1. The van der Waals surface area contributed by atoms with Gasteiger partial charge in [0.15, 0.2) is 5.96 Å². The van der Waals surface area contributed by atoms with Gasteiger partial charge in [0.25, 0.3) is 0 Å². The Balaban J connectivity index is 0.00000363. The summed E-state index contributed by atoms with van der Waals surface area (Å²) in [5.41, 5.74) is 2.00. The molecular formula is C24H34IN5O2. The number of aromatic nitrogens is 1. The highest BCUT2D eigenvalue weighted by molar-refractivity contribution is 14.0. The van der Waals surface area contributed by atoms with Crippen molar-refractivity contribution in [3.8, 4) is 5.75 Å². The number of nitrogens with one attached hydrogen (secondary N) is 2. The zero-order valence-corrected chi connectivity index (χ0v) is 21.4. The fraction of sp³-hybridized carbons (Fsp3) is 0.458. The number of rotatable bonds is 8. The van der Waals surface area contributed by atoms with Crippen molar-refractivity contribution in [3.63, 3.8) is 0 Å². The van der Waals surface area contributed by atoms with E-state index in [9.17, 15) is 4.79 Å². The maximum absolute atomic E-state index is 12.2. The Labute approximate surface area is 208 Å². The maximum atomic E-state index is 12.2. The van der Waals surface area contributed by atoms with Gasteiger partial charge < -0.3 is 20.3 Å². The lowest BCUT2D eigenvalue weighted by Gasteiger charge is -2.20. The van der Waals surface area contributed by atoms with Crippen LogP contribution in [0.4, 0.5) is 0 Å². The molecule has 0 saturated carbocycles. The minimum atomic E-state index is 0. The van der Waals surface area contributed by atoms with Crippen LogP contribution in [0.2, 0.25) is 0 Å². The Morgan fingerprint density at radius 1 is 1.25 bits per heavy atom. The van der Waals surface area contributed by atoms with Gasteiger partial charge in [-0.15, -0.1) is 24.0 Å². The van der Waals surface area contributed by atoms with Gasteiger partial charge in [-0.2, -0.15) is 0 Å². The lowest BCUT2D eigenvalue weighted by molar-refractivity contribution is -0.133. The maximum Gasteiger partial charge on any atom is 0.225 e. The molecule has 1 aromatic carbocycles. The SMILES string of the molecule is CCNC(=NCc1ccc(OCc2ccccn2)cc1)NC1CCN(C(=O)C(C)C)C1.I. The van der Waals surface area contributed by atoms with Gasteiger partial charge in [-0.05, 0) is 43.2 Å². The van der Waals surface area contributed by atoms with E-state index in [1.165, 1.54) is 0 Å². The van der Waals surface area contributed by atoms with Crippen LogP contribution in [0.25, 0.3) is 0 Å². The number of aliphatic imine (C=N–C) groups is 1. The number of benzene rings is 1. The topological polar surface area (TPSA) is 78.9 Å². The van der Waals surface area contributed by atoms with E-state index < -0.39 is 0 Å². The van der Waals surface area contributed by atoms with Crippen molar-refractivity contribution in [1.82, 2.24) is 20.5 Å². The van der Waals surface area contributed by atoms with Crippen molar-refractivity contribution in [2.45, 2.75) is 46.4 Å². The fourth-order valence-corrected chi connectivity index (χ4v) is 3.46. The predicted octanol–water partition coefficient (Wildman–Crippen LogP) is 3.59. The van der Waals surface area contributed by atoms with Crippen molar-refractivity contribution in [3.05, 3.63) is 59.9 Å². The van der Waals surface area contributed by atoms with E-state index in [0.717, 1.165) is 49.0 Å². The summed E-state index contributed by atoms with van der Waals surface area (Å²) in [6.45, 7) is 9.27. The number of hydrogen-bond acceptors (Lipinski definition) is 4. The number of carbonyl (C=O) groups is 1. The zero-order chi connectivity index (χ0) is 22.1. The Kier molecular flexibility index (Phi) is 10.7. The van der Waals surface area contributed by atoms with Gasteiger partial charge in [-0.1, -0.05) is 32.0 Å². The third-order valence-electron chi connectivity index (χ3n) is 5.13. The van der Waals surface area contributed by atoms with Crippen molar-refractivity contribution in [1.29, 1.82) is 0 Å². The van der Waals surface area contributed by atoms with Gasteiger partial charge in [0.05, 0.1) is 12.2 Å². The Morgan fingerprint density at radius 2 is 2.03 bits per heavy atom. The summed E-state index contributed by atoms with van der Waals surface area (Å²) in [5.74, 6) is 1.85. The molecule has 8 heteroatoms. The van der Waals surface area contributed by atoms with Crippen molar-refractivity contribution < 1.29 is 9.53 Å². The smallest absolute Gasteiger partial charge is 0.225 e. The lowest BCUT2D eigenvalue weighted by Crippen LogP contribution is -2.45. The molecule has 1 aliphatic heterocycles. The number of amides is 1. The van der Waals surface area contributed by atoms with Crippen LogP contribution < -0.4 is 15.4 Å². The van der Waals surface area contributed by atoms with Crippen molar-refractivity contribution in [2.24, 2.45) is 10.9 Å². The molecule has 1 saturated heterocycles. The van der Waals surface area contributed by atoms with E-state index in [1.54, 1.807) is 6.20 Å². The van der Waals surface area contributed by atoms with E-state index in [0.29, 0.717) is 13.2 Å². The first-order valence-corrected chi connectivity index (χ1v) is 11.0. The average Bonchev–Trinajstić information content (AvgIpc) is 3.25. The van der Waals surface area contributed by atoms with Gasteiger partial charge in [0, 0.05) is 37.8 Å². The predicted molar refractivity (Wildman–Crippen MR) is 138 cm³/mol. The number of guanidine groups is 1. The van der Waals surface area contributed by atoms with Gasteiger partial charge in [-0.25, -0.2) is 4.99 Å². The number of hydrogen-bond donors (Lipinski definition) is 2. The fourth-order valence-electron chi connectivity index (χ4n) is 3.46. The molecular weight excluding hydrogens is 517 g/mol. The average molecular weight is 551 g/mol. The third kappa shape index (κ3) is 7.96. The van der Waals surface area contributed by atoms with Gasteiger partial charge >= 0.3 is 0 Å². The number of carbonyl (C=O) groups excluding carboxylic acids is 1. The number of halogens is 1. The largest absolute Gasteiger partial charge is 0.487 e. The van der Waals surface area contributed by atoms with Crippen LogP contribution in [0, 0.1) is 5.92 Å². The summed E-state index contributed by atoms with van der Waals surface area (Å²) in [5, 5.41) is 6.77. The van der Waals surface area contributed by atoms with E-state index in [4.69, 9.17) is 9.73 Å². The molecule has 2 aromatic rings. The molecule has 0 spiro atoms. The van der Waals surface area contributed by atoms with Crippen LogP contribution in [-0.2, 0) is 17.9 Å². The lowest BCUT2D eigenvalue weighted by atomic mass is 10.2. The van der Waals surface area contributed by atoms with Crippen LogP contribution in [0.15, 0.2) is 53.7 Å². The quantitative estimate of drug-likeness (QED) is 0.298. The van der Waals surface area contributed by atoms with E-state index in [1.807, 2.05) is 68.1 Å². The molecule has 2 heterocycles. The first-order chi connectivity index (χ1) is 15.0. The highest BCUT2D eigenvalue weighted by Gasteiger charge is 2.27. The summed E-state index contributed by atoms with van der Waals surface area (Å²) in [6, 6.07) is 14.0. The van der Waals surface area contributed by atoms with Crippen LogP contribution >= 0.6 is 24.0 Å². The second-order valence-corrected chi connectivity index (χ2v) is 8.02. The first kappa shape index (κ1) is 25.9. The summed E-state index contributed by atoms with van der Waals surface area (Å²) in [7, 11) is 0. The molecule has 1 aliphatic rings. The molecule has 1 amide bonds. The highest BCUT2D eigenvalue weighted by Crippen LogP contribution is 2.15. The van der Waals surface area contributed by atoms with Gasteiger partial charge in [0.1, 0.15) is 12.4 Å². The van der Waals surface area contributed by atoms with E-state index in [-0.39, 0.29) is 41.8 Å². The number of nitrogens with zero attached hydrogens (tertiary/aromatic N) is 3. The summed E-state index contributed by atoms with van der Waals surface area (Å²) in [6.07, 6.45) is 2.70. The Hall–Kier alpha value is -2.36. The monoisotopic (exact) mass is 551 g/mol. The molecule has 7 nitrogen and oxygen atoms in total. The molecule has 1 atom stereocenters. The highest BCUT2D eigenvalue weighted by atomic mass is 127. The molecule has 2 N–H and O–H groups in total. The molecule has 0 bridgehead atoms. The Bertz CT molecular complexity index is 858. The summed E-state index contributed by atoms with van der Waals surface area (Å²) < 4.78 is 5.79. The van der Waals surface area contributed by atoms with Crippen molar-refractivity contribution in [2.75, 3.05) is 19.6 Å².